The monoisotopic (exact) mass is 274 g/mol. The molecule has 1 amide bonds. The average Bonchev–Trinajstić information content (AvgIpc) is 3.13. The highest BCUT2D eigenvalue weighted by Crippen LogP contribution is 2.20. The van der Waals surface area contributed by atoms with Crippen LogP contribution in [0.15, 0.2) is 42.7 Å². The Morgan fingerprint density at radius 1 is 1.42 bits per heavy atom. The number of amides is 1. The van der Waals surface area contributed by atoms with E-state index >= 15 is 0 Å². The van der Waals surface area contributed by atoms with E-state index in [1.54, 1.807) is 22.6 Å². The minimum atomic E-state index is -0.115. The lowest BCUT2D eigenvalue weighted by atomic mass is 10.2. The number of benzene rings is 1. The quantitative estimate of drug-likeness (QED) is 0.890. The van der Waals surface area contributed by atoms with Gasteiger partial charge in [0.15, 0.2) is 0 Å². The van der Waals surface area contributed by atoms with E-state index in [-0.39, 0.29) is 11.9 Å². The fourth-order valence-corrected chi connectivity index (χ4v) is 2.92. The van der Waals surface area contributed by atoms with Crippen LogP contribution in [0.5, 0.6) is 0 Å². The van der Waals surface area contributed by atoms with Crippen LogP contribution in [-0.2, 0) is 4.79 Å². The molecule has 1 aromatic carbocycles. The van der Waals surface area contributed by atoms with Crippen LogP contribution in [0.25, 0.3) is 5.69 Å². The number of anilines is 1. The fraction of sp³-hybridized carbons (Fsp3) is 0.231. The van der Waals surface area contributed by atoms with Crippen LogP contribution in [0.4, 0.5) is 5.69 Å². The van der Waals surface area contributed by atoms with E-state index in [2.05, 4.69) is 15.7 Å². The van der Waals surface area contributed by atoms with Crippen LogP contribution in [-0.4, -0.2) is 33.4 Å². The number of nitrogens with zero attached hydrogens (tertiary/aromatic N) is 2. The third-order valence-corrected chi connectivity index (χ3v) is 3.89. The Labute approximate surface area is 115 Å². The standard InChI is InChI=1S/C13H14N4OS/c18-13(11-8-19-9-14-11)16-10-4-1-2-5-12(10)17-7-3-6-15-17/h1-7,11,14H,8-9H2,(H,16,18). The van der Waals surface area contributed by atoms with E-state index < -0.39 is 0 Å². The maximum atomic E-state index is 12.1. The molecule has 1 aliphatic rings. The molecule has 2 heterocycles. The Morgan fingerprint density at radius 2 is 2.32 bits per heavy atom. The molecule has 1 atom stereocenters. The van der Waals surface area contributed by atoms with Crippen molar-refractivity contribution in [1.29, 1.82) is 0 Å². The number of para-hydroxylation sites is 2. The summed E-state index contributed by atoms with van der Waals surface area (Å²) in [6.45, 7) is 0. The largest absolute Gasteiger partial charge is 0.323 e. The predicted octanol–water partition coefficient (Wildman–Crippen LogP) is 1.47. The molecule has 0 radical (unpaired) electrons. The molecule has 98 valence electrons. The third kappa shape index (κ3) is 2.64. The van der Waals surface area contributed by atoms with Crippen LogP contribution in [0.1, 0.15) is 0 Å². The van der Waals surface area contributed by atoms with Crippen molar-refractivity contribution in [3.8, 4) is 5.69 Å². The van der Waals surface area contributed by atoms with Crippen LogP contribution >= 0.6 is 11.8 Å². The summed E-state index contributed by atoms with van der Waals surface area (Å²) in [6, 6.07) is 9.38. The van der Waals surface area contributed by atoms with Gasteiger partial charge in [0.2, 0.25) is 5.91 Å². The Kier molecular flexibility index (Phi) is 3.52. The van der Waals surface area contributed by atoms with Crippen molar-refractivity contribution in [1.82, 2.24) is 15.1 Å². The molecule has 1 aliphatic heterocycles. The minimum absolute atomic E-state index is 0.00426. The van der Waals surface area contributed by atoms with Gasteiger partial charge >= 0.3 is 0 Å². The van der Waals surface area contributed by atoms with Gasteiger partial charge in [-0.05, 0) is 18.2 Å². The van der Waals surface area contributed by atoms with Crippen LogP contribution in [0.2, 0.25) is 0 Å². The first-order chi connectivity index (χ1) is 9.34. The number of carbonyl (C=O) groups excluding carboxylic acids is 1. The third-order valence-electron chi connectivity index (χ3n) is 2.95. The summed E-state index contributed by atoms with van der Waals surface area (Å²) >= 11 is 1.73. The fourth-order valence-electron chi connectivity index (χ4n) is 1.97. The van der Waals surface area contributed by atoms with E-state index in [1.165, 1.54) is 0 Å². The van der Waals surface area contributed by atoms with Crippen molar-refractivity contribution >= 4 is 23.4 Å². The van der Waals surface area contributed by atoms with Crippen molar-refractivity contribution in [2.75, 3.05) is 16.9 Å². The van der Waals surface area contributed by atoms with Gasteiger partial charge in [-0.2, -0.15) is 5.10 Å². The zero-order valence-electron chi connectivity index (χ0n) is 10.2. The number of nitrogens with one attached hydrogen (secondary N) is 2. The molecule has 1 aromatic heterocycles. The van der Waals surface area contributed by atoms with Gasteiger partial charge in [0.05, 0.1) is 17.4 Å². The highest BCUT2D eigenvalue weighted by atomic mass is 32.2. The van der Waals surface area contributed by atoms with E-state index in [0.717, 1.165) is 23.0 Å². The lowest BCUT2D eigenvalue weighted by Crippen LogP contribution is -2.37. The second kappa shape index (κ2) is 5.46. The molecule has 5 nitrogen and oxygen atoms in total. The SMILES string of the molecule is O=C(Nc1ccccc1-n1cccn1)C1CSCN1. The van der Waals surface area contributed by atoms with Gasteiger partial charge in [-0.1, -0.05) is 12.1 Å². The Hall–Kier alpha value is -1.79. The summed E-state index contributed by atoms with van der Waals surface area (Å²) in [6.07, 6.45) is 3.57. The summed E-state index contributed by atoms with van der Waals surface area (Å²) in [7, 11) is 0. The smallest absolute Gasteiger partial charge is 0.242 e. The number of thioether (sulfide) groups is 1. The molecule has 2 N–H and O–H groups in total. The normalized spacial score (nSPS) is 18.4. The van der Waals surface area contributed by atoms with Crippen LogP contribution in [0, 0.1) is 0 Å². The highest BCUT2D eigenvalue weighted by Gasteiger charge is 2.23. The number of rotatable bonds is 3. The minimum Gasteiger partial charge on any atom is -0.323 e. The van der Waals surface area contributed by atoms with Crippen LogP contribution < -0.4 is 10.6 Å². The molecule has 1 fully saturated rings. The summed E-state index contributed by atoms with van der Waals surface area (Å²) < 4.78 is 1.74. The number of hydrogen-bond donors (Lipinski definition) is 2. The van der Waals surface area contributed by atoms with Crippen molar-refractivity contribution in [3.05, 3.63) is 42.7 Å². The number of aromatic nitrogens is 2. The molecular formula is C13H14N4OS. The van der Waals surface area contributed by atoms with E-state index in [1.807, 2.05) is 36.5 Å². The average molecular weight is 274 g/mol. The molecule has 0 bridgehead atoms. The van der Waals surface area contributed by atoms with Crippen molar-refractivity contribution in [2.45, 2.75) is 6.04 Å². The van der Waals surface area contributed by atoms with Gasteiger partial charge in [0.25, 0.3) is 0 Å². The second-order valence-electron chi connectivity index (χ2n) is 4.23. The molecule has 1 saturated heterocycles. The molecule has 0 spiro atoms. The molecular weight excluding hydrogens is 260 g/mol. The Morgan fingerprint density at radius 3 is 3.05 bits per heavy atom. The van der Waals surface area contributed by atoms with Crippen molar-refractivity contribution in [2.24, 2.45) is 0 Å². The van der Waals surface area contributed by atoms with Gasteiger partial charge < -0.3 is 5.32 Å². The first-order valence-corrected chi connectivity index (χ1v) is 7.21. The van der Waals surface area contributed by atoms with Gasteiger partial charge in [-0.3, -0.25) is 10.1 Å². The molecule has 19 heavy (non-hydrogen) atoms. The maximum Gasteiger partial charge on any atom is 0.242 e. The molecule has 3 rings (SSSR count). The van der Waals surface area contributed by atoms with Crippen molar-refractivity contribution in [3.63, 3.8) is 0 Å². The summed E-state index contributed by atoms with van der Waals surface area (Å²) in [4.78, 5) is 12.1. The summed E-state index contributed by atoms with van der Waals surface area (Å²) in [5.41, 5.74) is 1.64. The molecule has 1 unspecified atom stereocenters. The van der Waals surface area contributed by atoms with Gasteiger partial charge in [0.1, 0.15) is 0 Å². The zero-order valence-corrected chi connectivity index (χ0v) is 11.1. The first kappa shape index (κ1) is 12.3. The molecule has 2 aromatic rings. The first-order valence-electron chi connectivity index (χ1n) is 6.05. The zero-order chi connectivity index (χ0) is 13.1. The Balaban J connectivity index is 1.83. The summed E-state index contributed by atoms with van der Waals surface area (Å²) in [5.74, 6) is 1.65. The molecule has 6 heteroatoms. The van der Waals surface area contributed by atoms with Gasteiger partial charge in [-0.15, -0.1) is 11.8 Å². The lowest BCUT2D eigenvalue weighted by Gasteiger charge is -2.13. The van der Waals surface area contributed by atoms with E-state index in [4.69, 9.17) is 0 Å². The summed E-state index contributed by atoms with van der Waals surface area (Å²) in [5, 5.41) is 10.3. The van der Waals surface area contributed by atoms with E-state index in [9.17, 15) is 4.79 Å². The predicted molar refractivity (Wildman–Crippen MR) is 76.4 cm³/mol. The maximum absolute atomic E-state index is 12.1. The number of carbonyl (C=O) groups is 1. The lowest BCUT2D eigenvalue weighted by molar-refractivity contribution is -0.117. The van der Waals surface area contributed by atoms with Crippen LogP contribution in [0.3, 0.4) is 0 Å². The van der Waals surface area contributed by atoms with Gasteiger partial charge in [0, 0.05) is 24.0 Å². The topological polar surface area (TPSA) is 59.0 Å². The molecule has 0 saturated carbocycles. The second-order valence-corrected chi connectivity index (χ2v) is 5.26. The van der Waals surface area contributed by atoms with E-state index in [0.29, 0.717) is 0 Å². The Bertz CT molecular complexity index is 564. The van der Waals surface area contributed by atoms with Crippen molar-refractivity contribution < 1.29 is 4.79 Å². The van der Waals surface area contributed by atoms with Gasteiger partial charge in [-0.25, -0.2) is 4.68 Å². The highest BCUT2D eigenvalue weighted by molar-refractivity contribution is 7.99. The molecule has 0 aliphatic carbocycles. The number of hydrogen-bond acceptors (Lipinski definition) is 4.